The second-order valence-corrected chi connectivity index (χ2v) is 6.06. The van der Waals surface area contributed by atoms with Gasteiger partial charge in [-0.2, -0.15) is 0 Å². The van der Waals surface area contributed by atoms with Crippen LogP contribution in [0.4, 0.5) is 0 Å². The Kier molecular flexibility index (Phi) is 4.82. The van der Waals surface area contributed by atoms with Gasteiger partial charge in [-0.05, 0) is 29.3 Å². The van der Waals surface area contributed by atoms with E-state index in [9.17, 15) is 4.79 Å². The highest BCUT2D eigenvalue weighted by Crippen LogP contribution is 2.28. The van der Waals surface area contributed by atoms with Crippen LogP contribution in [0.3, 0.4) is 0 Å². The Balaban J connectivity index is 1.98. The van der Waals surface area contributed by atoms with Crippen molar-refractivity contribution in [1.29, 1.82) is 0 Å². The smallest absolute Gasteiger partial charge is 0.233 e. The molecule has 0 spiro atoms. The molecule has 3 nitrogen and oxygen atoms in total. The van der Waals surface area contributed by atoms with Crippen LogP contribution in [0.1, 0.15) is 19.8 Å². The largest absolute Gasteiger partial charge is 0.294 e. The average molecular weight is 274 g/mol. The summed E-state index contributed by atoms with van der Waals surface area (Å²) in [6.45, 7) is 2.13. The molecule has 0 aliphatic heterocycles. The van der Waals surface area contributed by atoms with Gasteiger partial charge in [-0.25, -0.2) is 5.84 Å². The quantitative estimate of drug-likeness (QED) is 0.381. The van der Waals surface area contributed by atoms with E-state index in [4.69, 9.17) is 5.84 Å². The van der Waals surface area contributed by atoms with Crippen LogP contribution in [-0.4, -0.2) is 11.2 Å². The number of rotatable bonds is 5. The van der Waals surface area contributed by atoms with Gasteiger partial charge in [0, 0.05) is 16.6 Å². The molecule has 4 heteroatoms. The van der Waals surface area contributed by atoms with Gasteiger partial charge in [0.05, 0.1) is 0 Å². The second-order valence-electron chi connectivity index (χ2n) is 4.54. The zero-order valence-corrected chi connectivity index (χ0v) is 11.7. The number of fused-ring (bicyclic) bond motifs is 1. The molecule has 3 N–H and O–H groups in total. The van der Waals surface area contributed by atoms with Gasteiger partial charge in [0.1, 0.15) is 0 Å². The Labute approximate surface area is 117 Å². The third-order valence-corrected chi connectivity index (χ3v) is 4.16. The minimum absolute atomic E-state index is 0.106. The number of hydrogen-bond acceptors (Lipinski definition) is 3. The summed E-state index contributed by atoms with van der Waals surface area (Å²) in [6, 6.07) is 14.8. The summed E-state index contributed by atoms with van der Waals surface area (Å²) in [5, 5.41) is 2.89. The van der Waals surface area contributed by atoms with Crippen LogP contribution in [0.15, 0.2) is 47.4 Å². The summed E-state index contributed by atoms with van der Waals surface area (Å²) in [4.78, 5) is 12.3. The van der Waals surface area contributed by atoms with E-state index in [2.05, 4.69) is 42.7 Å². The molecule has 100 valence electrons. The number of hydrogen-bond donors (Lipinski definition) is 2. The number of carbonyl (C=O) groups excluding carboxylic acids is 1. The molecule has 1 atom stereocenters. The Bertz CT molecular complexity index is 571. The van der Waals surface area contributed by atoms with Crippen LogP contribution in [0.5, 0.6) is 0 Å². The fraction of sp³-hybridized carbons (Fsp3) is 0.267. The first-order chi connectivity index (χ1) is 9.19. The molecule has 0 heterocycles. The van der Waals surface area contributed by atoms with Crippen molar-refractivity contribution in [2.45, 2.75) is 29.9 Å². The SMILES string of the molecule is CC(CCC(=O)NN)Sc1ccc2ccccc2c1. The fourth-order valence-electron chi connectivity index (χ4n) is 1.94. The molecule has 0 aliphatic carbocycles. The number of carbonyl (C=O) groups is 1. The second kappa shape index (κ2) is 6.59. The van der Waals surface area contributed by atoms with Gasteiger partial charge >= 0.3 is 0 Å². The van der Waals surface area contributed by atoms with Gasteiger partial charge in [-0.1, -0.05) is 37.3 Å². The minimum Gasteiger partial charge on any atom is -0.294 e. The van der Waals surface area contributed by atoms with Crippen molar-refractivity contribution in [2.24, 2.45) is 5.84 Å². The lowest BCUT2D eigenvalue weighted by atomic mass is 10.1. The van der Waals surface area contributed by atoms with Crippen LogP contribution in [0.2, 0.25) is 0 Å². The molecule has 19 heavy (non-hydrogen) atoms. The molecule has 0 aliphatic rings. The highest BCUT2D eigenvalue weighted by Gasteiger charge is 2.07. The molecule has 0 aromatic heterocycles. The Morgan fingerprint density at radius 3 is 2.74 bits per heavy atom. The maximum atomic E-state index is 11.1. The predicted octanol–water partition coefficient (Wildman–Crippen LogP) is 3.09. The third kappa shape index (κ3) is 3.98. The summed E-state index contributed by atoms with van der Waals surface area (Å²) < 4.78 is 0. The fourth-order valence-corrected chi connectivity index (χ4v) is 2.98. The van der Waals surface area contributed by atoms with E-state index >= 15 is 0 Å². The van der Waals surface area contributed by atoms with E-state index in [-0.39, 0.29) is 5.91 Å². The van der Waals surface area contributed by atoms with Gasteiger partial charge in [-0.15, -0.1) is 11.8 Å². The van der Waals surface area contributed by atoms with E-state index in [1.54, 1.807) is 11.8 Å². The molecule has 0 radical (unpaired) electrons. The molecule has 0 fully saturated rings. The van der Waals surface area contributed by atoms with Crippen LogP contribution >= 0.6 is 11.8 Å². The molecule has 2 aromatic rings. The molecule has 2 aromatic carbocycles. The van der Waals surface area contributed by atoms with Crippen molar-refractivity contribution in [3.05, 3.63) is 42.5 Å². The zero-order chi connectivity index (χ0) is 13.7. The van der Waals surface area contributed by atoms with E-state index < -0.39 is 0 Å². The zero-order valence-electron chi connectivity index (χ0n) is 10.9. The molecule has 2 rings (SSSR count). The number of thioether (sulfide) groups is 1. The first-order valence-corrected chi connectivity index (χ1v) is 7.22. The summed E-state index contributed by atoms with van der Waals surface area (Å²) in [7, 11) is 0. The van der Waals surface area contributed by atoms with Crippen molar-refractivity contribution in [3.8, 4) is 0 Å². The van der Waals surface area contributed by atoms with E-state index in [1.807, 2.05) is 12.1 Å². The van der Waals surface area contributed by atoms with Gasteiger partial charge < -0.3 is 0 Å². The summed E-state index contributed by atoms with van der Waals surface area (Å²) in [6.07, 6.45) is 1.29. The number of nitrogens with two attached hydrogens (primary N) is 1. The lowest BCUT2D eigenvalue weighted by Crippen LogP contribution is -2.30. The molecular weight excluding hydrogens is 256 g/mol. The molecule has 0 saturated carbocycles. The van der Waals surface area contributed by atoms with Crippen molar-refractivity contribution in [1.82, 2.24) is 5.43 Å². The Morgan fingerprint density at radius 2 is 2.00 bits per heavy atom. The van der Waals surface area contributed by atoms with E-state index in [1.165, 1.54) is 15.7 Å². The first kappa shape index (κ1) is 13.9. The highest BCUT2D eigenvalue weighted by atomic mass is 32.2. The maximum Gasteiger partial charge on any atom is 0.233 e. The maximum absolute atomic E-state index is 11.1. The lowest BCUT2D eigenvalue weighted by molar-refractivity contribution is -0.121. The number of benzene rings is 2. The monoisotopic (exact) mass is 274 g/mol. The topological polar surface area (TPSA) is 55.1 Å². The van der Waals surface area contributed by atoms with Crippen LogP contribution < -0.4 is 11.3 Å². The first-order valence-electron chi connectivity index (χ1n) is 6.34. The number of hydrazine groups is 1. The normalized spacial score (nSPS) is 12.3. The van der Waals surface area contributed by atoms with Crippen molar-refractivity contribution in [2.75, 3.05) is 0 Å². The Morgan fingerprint density at radius 1 is 1.26 bits per heavy atom. The van der Waals surface area contributed by atoms with Crippen LogP contribution in [0.25, 0.3) is 10.8 Å². The summed E-state index contributed by atoms with van der Waals surface area (Å²) in [5.74, 6) is 4.96. The molecule has 1 unspecified atom stereocenters. The summed E-state index contributed by atoms with van der Waals surface area (Å²) in [5.41, 5.74) is 2.16. The number of nitrogens with one attached hydrogen (secondary N) is 1. The molecule has 0 saturated heterocycles. The van der Waals surface area contributed by atoms with Crippen LogP contribution in [0, 0.1) is 0 Å². The third-order valence-electron chi connectivity index (χ3n) is 3.00. The van der Waals surface area contributed by atoms with Gasteiger partial charge in [-0.3, -0.25) is 10.2 Å². The minimum atomic E-state index is -0.106. The Hall–Kier alpha value is -1.52. The number of amides is 1. The van der Waals surface area contributed by atoms with Gasteiger partial charge in [0.15, 0.2) is 0 Å². The predicted molar refractivity (Wildman–Crippen MR) is 80.8 cm³/mol. The highest BCUT2D eigenvalue weighted by molar-refractivity contribution is 8.00. The standard InChI is InChI=1S/C15H18N2OS/c1-11(6-9-15(18)17-16)19-14-8-7-12-4-2-3-5-13(12)10-14/h2-5,7-8,10-11H,6,9,16H2,1H3,(H,17,18). The van der Waals surface area contributed by atoms with Gasteiger partial charge in [0.25, 0.3) is 0 Å². The molecular formula is C15H18N2OS. The molecule has 1 amide bonds. The van der Waals surface area contributed by atoms with Crippen molar-refractivity contribution < 1.29 is 4.79 Å². The van der Waals surface area contributed by atoms with E-state index in [0.717, 1.165) is 6.42 Å². The van der Waals surface area contributed by atoms with Crippen molar-refractivity contribution in [3.63, 3.8) is 0 Å². The van der Waals surface area contributed by atoms with E-state index in [0.29, 0.717) is 11.7 Å². The van der Waals surface area contributed by atoms with Crippen molar-refractivity contribution >= 4 is 28.4 Å². The van der Waals surface area contributed by atoms with Crippen LogP contribution in [-0.2, 0) is 4.79 Å². The van der Waals surface area contributed by atoms with Gasteiger partial charge in [0.2, 0.25) is 5.91 Å². The summed E-state index contributed by atoms with van der Waals surface area (Å²) >= 11 is 1.79. The average Bonchev–Trinajstić information content (AvgIpc) is 2.44. The lowest BCUT2D eigenvalue weighted by Gasteiger charge is -2.11. The molecule has 0 bridgehead atoms.